The van der Waals surface area contributed by atoms with Crippen LogP contribution >= 0.6 is 0 Å². The van der Waals surface area contributed by atoms with E-state index in [1.165, 1.54) is 25.7 Å². The third-order valence-corrected chi connectivity index (χ3v) is 14.4. The van der Waals surface area contributed by atoms with Crippen molar-refractivity contribution in [3.05, 3.63) is 134 Å². The van der Waals surface area contributed by atoms with Crippen LogP contribution in [0, 0.1) is 0 Å². The Labute approximate surface area is 505 Å². The maximum Gasteiger partial charge on any atom is 0.220 e. The summed E-state index contributed by atoms with van der Waals surface area (Å²) in [6.45, 7) is 1.47. The molecule has 3 saturated heterocycles. The number of aliphatic hydroxyl groups excluding tert-OH is 11. The van der Waals surface area contributed by atoms with Gasteiger partial charge in [-0.2, -0.15) is 0 Å². The van der Waals surface area contributed by atoms with Gasteiger partial charge in [0.1, 0.15) is 73.2 Å². The second-order valence-corrected chi connectivity index (χ2v) is 21.4. The Morgan fingerprint density at radius 1 is 0.435 bits per heavy atom. The molecule has 0 aliphatic carbocycles. The molecule has 3 rings (SSSR count). The van der Waals surface area contributed by atoms with Gasteiger partial charge in [-0.25, -0.2) is 0 Å². The van der Waals surface area contributed by atoms with Crippen LogP contribution in [0.4, 0.5) is 0 Å². The summed E-state index contributed by atoms with van der Waals surface area (Å²) in [7, 11) is 0. The lowest BCUT2D eigenvalue weighted by atomic mass is 9.96. The molecular formula is C66H105NO18. The van der Waals surface area contributed by atoms with Gasteiger partial charge < -0.3 is 89.9 Å². The van der Waals surface area contributed by atoms with E-state index in [1.807, 2.05) is 18.2 Å². The highest BCUT2D eigenvalue weighted by Crippen LogP contribution is 2.33. The van der Waals surface area contributed by atoms with Crippen LogP contribution in [0.2, 0.25) is 0 Å². The van der Waals surface area contributed by atoms with Gasteiger partial charge in [-0.15, -0.1) is 0 Å². The fourth-order valence-electron chi connectivity index (χ4n) is 9.38. The molecular weight excluding hydrogens is 1090 g/mol. The van der Waals surface area contributed by atoms with E-state index in [-0.39, 0.29) is 12.3 Å². The molecule has 0 spiro atoms. The van der Waals surface area contributed by atoms with Gasteiger partial charge in [0.15, 0.2) is 18.9 Å². The number of rotatable bonds is 43. The normalized spacial score (nSPS) is 29.9. The summed E-state index contributed by atoms with van der Waals surface area (Å²) in [6.07, 6.45) is 37.4. The Kier molecular flexibility index (Phi) is 41.6. The third kappa shape index (κ3) is 30.1. The van der Waals surface area contributed by atoms with Crippen molar-refractivity contribution in [1.29, 1.82) is 0 Å². The number of unbranched alkanes of at least 4 members (excludes halogenated alkanes) is 7. The Morgan fingerprint density at radius 3 is 1.31 bits per heavy atom. The van der Waals surface area contributed by atoms with Crippen LogP contribution in [-0.4, -0.2) is 193 Å². The lowest BCUT2D eigenvalue weighted by Crippen LogP contribution is -2.66. The lowest BCUT2D eigenvalue weighted by Gasteiger charge is -2.48. The quantitative estimate of drug-likeness (QED) is 0.0237. The van der Waals surface area contributed by atoms with Crippen LogP contribution in [0.15, 0.2) is 134 Å². The number of aliphatic hydroxyl groups is 11. The zero-order valence-electron chi connectivity index (χ0n) is 50.3. The van der Waals surface area contributed by atoms with E-state index in [0.717, 1.165) is 77.0 Å². The topological polar surface area (TPSA) is 307 Å². The molecule has 19 nitrogen and oxygen atoms in total. The zero-order valence-corrected chi connectivity index (χ0v) is 50.3. The number of hydrogen-bond donors (Lipinski definition) is 12. The largest absolute Gasteiger partial charge is 0.394 e. The summed E-state index contributed by atoms with van der Waals surface area (Å²) in [5.41, 5.74) is 0. The number of carbonyl (C=O) groups is 1. The molecule has 19 heteroatoms. The molecule has 1 amide bonds. The van der Waals surface area contributed by atoms with E-state index in [2.05, 4.69) is 129 Å². The minimum Gasteiger partial charge on any atom is -0.394 e. The Balaban J connectivity index is 1.46. The smallest absolute Gasteiger partial charge is 0.220 e. The third-order valence-electron chi connectivity index (χ3n) is 14.4. The van der Waals surface area contributed by atoms with Crippen LogP contribution in [0.5, 0.6) is 0 Å². The van der Waals surface area contributed by atoms with E-state index in [1.54, 1.807) is 6.08 Å². The standard InChI is InChI=1S/C66H105NO18/c1-3-5-7-9-11-13-15-16-17-18-19-20-21-22-23-24-25-26-27-28-29-30-31-32-34-36-38-40-42-44-54(72)67-49(50(71)43-41-39-37-35-33-14-12-10-8-6-4-2)48-80-64-60(78)57(75)62(52(46-69)82-64)85-66-61(79)58(76)63(53(47-70)83-66)84-65-59(77)56(74)55(73)51(45-68)81-65/h5,7,11,13,16-17,19-20,22-23,25-26,28-29,31-33,35-36,38,41,43,49-53,55-66,68-71,73-79H,3-4,6,8-10,12,14-15,18,21,24,27,30,34,37,39-40,42,44-48H2,1-2H3,(H,67,72)/b7-5-,13-11-,17-16-,20-19-,23-22-,26-25-,29-28-,32-31-,35-33+,38-36-,43-41+. The lowest BCUT2D eigenvalue weighted by molar-refractivity contribution is -0.379. The molecule has 3 aliphatic heterocycles. The first-order valence-electron chi connectivity index (χ1n) is 30.9. The number of allylic oxidation sites excluding steroid dienone is 21. The van der Waals surface area contributed by atoms with Crippen molar-refractivity contribution < 1.29 is 89.4 Å². The molecule has 0 saturated carbocycles. The fourth-order valence-corrected chi connectivity index (χ4v) is 9.38. The second kappa shape index (κ2) is 47.0. The van der Waals surface area contributed by atoms with E-state index in [4.69, 9.17) is 28.4 Å². The predicted octanol–water partition coefficient (Wildman–Crippen LogP) is 6.26. The van der Waals surface area contributed by atoms with Crippen LogP contribution in [0.1, 0.15) is 142 Å². The van der Waals surface area contributed by atoms with Gasteiger partial charge in [0, 0.05) is 6.42 Å². The average molecular weight is 1200 g/mol. The summed E-state index contributed by atoms with van der Waals surface area (Å²) in [4.78, 5) is 13.3. The van der Waals surface area contributed by atoms with Gasteiger partial charge >= 0.3 is 0 Å². The van der Waals surface area contributed by atoms with Crippen molar-refractivity contribution >= 4 is 5.91 Å². The highest BCUT2D eigenvalue weighted by molar-refractivity contribution is 5.76. The van der Waals surface area contributed by atoms with Crippen molar-refractivity contribution in [2.24, 2.45) is 0 Å². The van der Waals surface area contributed by atoms with Gasteiger partial charge in [-0.05, 0) is 96.3 Å². The number of amides is 1. The minimum atomic E-state index is -1.99. The molecule has 3 aliphatic rings. The molecule has 12 N–H and O–H groups in total. The molecule has 482 valence electrons. The Hall–Kier alpha value is -4.07. The molecule has 3 fully saturated rings. The fraction of sp³-hybridized carbons (Fsp3) is 0.652. The predicted molar refractivity (Wildman–Crippen MR) is 327 cm³/mol. The van der Waals surface area contributed by atoms with Crippen molar-refractivity contribution in [3.63, 3.8) is 0 Å². The summed E-state index contributed by atoms with van der Waals surface area (Å²) in [5, 5.41) is 120. The van der Waals surface area contributed by atoms with E-state index >= 15 is 0 Å². The zero-order chi connectivity index (χ0) is 61.9. The highest BCUT2D eigenvalue weighted by atomic mass is 16.8. The van der Waals surface area contributed by atoms with Crippen molar-refractivity contribution in [1.82, 2.24) is 5.32 Å². The number of nitrogens with one attached hydrogen (secondary N) is 1. The summed E-state index contributed by atoms with van der Waals surface area (Å²) in [6, 6.07) is -1.03. The maximum atomic E-state index is 13.3. The molecule has 0 aromatic carbocycles. The molecule has 0 radical (unpaired) electrons. The van der Waals surface area contributed by atoms with Gasteiger partial charge in [0.2, 0.25) is 5.91 Å². The molecule has 0 bridgehead atoms. The van der Waals surface area contributed by atoms with Crippen molar-refractivity contribution in [2.75, 3.05) is 26.4 Å². The number of carbonyl (C=O) groups excluding carboxylic acids is 1. The van der Waals surface area contributed by atoms with Crippen LogP contribution < -0.4 is 5.32 Å². The summed E-state index contributed by atoms with van der Waals surface area (Å²) in [5.74, 6) is -0.353. The monoisotopic (exact) mass is 1200 g/mol. The van der Waals surface area contributed by atoms with Crippen molar-refractivity contribution in [2.45, 2.75) is 247 Å². The van der Waals surface area contributed by atoms with Crippen LogP contribution in [0.3, 0.4) is 0 Å². The summed E-state index contributed by atoms with van der Waals surface area (Å²) < 4.78 is 34.1. The first kappa shape index (κ1) is 75.2. The van der Waals surface area contributed by atoms with E-state index in [0.29, 0.717) is 19.3 Å². The van der Waals surface area contributed by atoms with E-state index in [9.17, 15) is 61.0 Å². The number of ether oxygens (including phenoxy) is 6. The average Bonchev–Trinajstić information content (AvgIpc) is 3.05. The first-order valence-corrected chi connectivity index (χ1v) is 30.9. The number of hydrogen-bond acceptors (Lipinski definition) is 18. The Morgan fingerprint density at radius 2 is 0.824 bits per heavy atom. The summed E-state index contributed by atoms with van der Waals surface area (Å²) >= 11 is 0. The first-order chi connectivity index (χ1) is 41.3. The SMILES string of the molecule is CC/C=C\C/C=C\C/C=C\C/C=C\C/C=C\C/C=C\C/C=C\C/C=C\C/C=C\CCCC(=O)NC(COC1OC(CO)C(OC2OC(CO)C(OC3OC(CO)C(O)C(O)C3O)C(O)C2O)C(O)C1O)C(O)/C=C/CC/C=C/CCCCCCC. The molecule has 3 heterocycles. The van der Waals surface area contributed by atoms with Crippen molar-refractivity contribution in [3.8, 4) is 0 Å². The van der Waals surface area contributed by atoms with Crippen LogP contribution in [0.25, 0.3) is 0 Å². The molecule has 0 aromatic heterocycles. The molecule has 85 heavy (non-hydrogen) atoms. The van der Waals surface area contributed by atoms with Gasteiger partial charge in [-0.1, -0.05) is 173 Å². The molecule has 0 aromatic rings. The maximum absolute atomic E-state index is 13.3. The van der Waals surface area contributed by atoms with E-state index < -0.39 is 131 Å². The Bertz CT molecular complexity index is 2060. The van der Waals surface area contributed by atoms with Gasteiger partial charge in [-0.3, -0.25) is 4.79 Å². The molecule has 17 unspecified atom stereocenters. The highest BCUT2D eigenvalue weighted by Gasteiger charge is 2.53. The van der Waals surface area contributed by atoms with Crippen LogP contribution in [-0.2, 0) is 33.2 Å². The second-order valence-electron chi connectivity index (χ2n) is 21.4. The van der Waals surface area contributed by atoms with Gasteiger partial charge in [0.25, 0.3) is 0 Å². The minimum absolute atomic E-state index is 0.145. The van der Waals surface area contributed by atoms with Gasteiger partial charge in [0.05, 0.1) is 38.6 Å². The molecule has 17 atom stereocenters.